The molecule has 0 rings (SSSR count). The smallest absolute Gasteiger partial charge is 0.462 e. The summed E-state index contributed by atoms with van der Waals surface area (Å²) < 4.78 is 68.4. The van der Waals surface area contributed by atoms with Crippen molar-refractivity contribution in [3.8, 4) is 0 Å². The summed E-state index contributed by atoms with van der Waals surface area (Å²) in [5, 5.41) is 10.6. The third-order valence-corrected chi connectivity index (χ3v) is 19.9. The van der Waals surface area contributed by atoms with E-state index in [1.807, 2.05) is 0 Å². The van der Waals surface area contributed by atoms with Crippen LogP contribution in [0.3, 0.4) is 0 Å². The fraction of sp³-hybridized carbons (Fsp3) is 0.947. The maximum Gasteiger partial charge on any atom is 0.472 e. The quantitative estimate of drug-likeness (QED) is 0.0222. The lowest BCUT2D eigenvalue weighted by Crippen LogP contribution is -2.30. The van der Waals surface area contributed by atoms with Crippen molar-refractivity contribution >= 4 is 39.5 Å². The van der Waals surface area contributed by atoms with E-state index in [2.05, 4.69) is 55.4 Å². The molecule has 0 aliphatic carbocycles. The molecule has 0 fully saturated rings. The summed E-state index contributed by atoms with van der Waals surface area (Å²) in [6.07, 6.45) is 48.8. The number of phosphoric acid groups is 2. The Morgan fingerprint density at radius 1 is 0.298 bits per heavy atom. The second-order valence-electron chi connectivity index (χ2n) is 28.5. The van der Waals surface area contributed by atoms with E-state index in [1.165, 1.54) is 167 Å². The summed E-state index contributed by atoms with van der Waals surface area (Å²) in [4.78, 5) is 72.7. The molecular weight excluding hydrogens is 1230 g/mol. The largest absolute Gasteiger partial charge is 0.472 e. The van der Waals surface area contributed by atoms with Crippen LogP contribution in [0, 0.1) is 23.7 Å². The second kappa shape index (κ2) is 64.4. The molecule has 7 atom stereocenters. The standard InChI is InChI=1S/C75H146O17P2/c1-9-67(7)53-45-37-29-23-19-17-15-13-11-12-14-16-18-20-24-30-41-49-57-74(79)91-70(61-85-72(77)55-47-39-32-26-28-36-44-52-66(5)6)63-89-93(81,82)87-59-69(76)60-88-94(83,84)90-64-71(62-86-73(78)56-48-40-34-33-38-46-54-68(8)10-2)92-75(80)58-50-42-31-25-21-22-27-35-43-51-65(3)4/h65-71,76H,9-64H2,1-8H3,(H,81,82)(H,83,84)/t67?,68?,69-,70-,71-/m1/s1. The van der Waals surface area contributed by atoms with Crippen LogP contribution in [-0.2, 0) is 65.4 Å². The third-order valence-electron chi connectivity index (χ3n) is 18.0. The van der Waals surface area contributed by atoms with Crippen molar-refractivity contribution < 1.29 is 80.2 Å². The van der Waals surface area contributed by atoms with Gasteiger partial charge in [0.05, 0.1) is 26.4 Å². The maximum absolute atomic E-state index is 13.1. The summed E-state index contributed by atoms with van der Waals surface area (Å²) in [5.41, 5.74) is 0. The zero-order valence-electron chi connectivity index (χ0n) is 61.6. The molecule has 4 unspecified atom stereocenters. The molecule has 0 saturated heterocycles. The molecule has 3 N–H and O–H groups in total. The molecule has 0 aromatic heterocycles. The van der Waals surface area contributed by atoms with Gasteiger partial charge in [0, 0.05) is 25.7 Å². The molecule has 0 spiro atoms. The summed E-state index contributed by atoms with van der Waals surface area (Å²) in [6.45, 7) is 14.1. The Balaban J connectivity index is 5.16. The molecule has 0 heterocycles. The first-order valence-electron chi connectivity index (χ1n) is 38.8. The molecule has 0 amide bonds. The van der Waals surface area contributed by atoms with E-state index in [9.17, 15) is 43.2 Å². The van der Waals surface area contributed by atoms with Crippen LogP contribution in [0.15, 0.2) is 0 Å². The first-order valence-corrected chi connectivity index (χ1v) is 41.8. The number of ether oxygens (including phenoxy) is 4. The number of hydrogen-bond donors (Lipinski definition) is 3. The number of carbonyl (C=O) groups is 4. The number of unbranched alkanes of at least 4 members (excludes halogenated alkanes) is 36. The molecule has 0 bridgehead atoms. The lowest BCUT2D eigenvalue weighted by atomic mass is 9.99. The first kappa shape index (κ1) is 92.1. The maximum atomic E-state index is 13.1. The topological polar surface area (TPSA) is 237 Å². The van der Waals surface area contributed by atoms with Gasteiger partial charge in [0.25, 0.3) is 0 Å². The zero-order valence-corrected chi connectivity index (χ0v) is 63.4. The van der Waals surface area contributed by atoms with Gasteiger partial charge in [-0.1, -0.05) is 325 Å². The van der Waals surface area contributed by atoms with E-state index >= 15 is 0 Å². The number of hydrogen-bond acceptors (Lipinski definition) is 15. The minimum Gasteiger partial charge on any atom is -0.462 e. The molecule has 0 aliphatic heterocycles. The summed E-state index contributed by atoms with van der Waals surface area (Å²) >= 11 is 0. The second-order valence-corrected chi connectivity index (χ2v) is 31.4. The van der Waals surface area contributed by atoms with Gasteiger partial charge in [-0.3, -0.25) is 37.3 Å². The number of esters is 4. The fourth-order valence-electron chi connectivity index (χ4n) is 11.3. The minimum absolute atomic E-state index is 0.104. The van der Waals surface area contributed by atoms with Gasteiger partial charge in [-0.05, 0) is 49.4 Å². The van der Waals surface area contributed by atoms with Crippen molar-refractivity contribution in [2.24, 2.45) is 23.7 Å². The number of aliphatic hydroxyl groups is 1. The van der Waals surface area contributed by atoms with Crippen LogP contribution in [0.1, 0.15) is 376 Å². The lowest BCUT2D eigenvalue weighted by molar-refractivity contribution is -0.161. The first-order chi connectivity index (χ1) is 45.2. The normalized spacial score (nSPS) is 14.7. The van der Waals surface area contributed by atoms with Gasteiger partial charge in [-0.15, -0.1) is 0 Å². The van der Waals surface area contributed by atoms with Gasteiger partial charge in [0.15, 0.2) is 12.2 Å². The average molecular weight is 1380 g/mol. The zero-order chi connectivity index (χ0) is 69.6. The molecule has 0 radical (unpaired) electrons. The van der Waals surface area contributed by atoms with Crippen molar-refractivity contribution in [1.82, 2.24) is 0 Å². The molecule has 94 heavy (non-hydrogen) atoms. The van der Waals surface area contributed by atoms with Gasteiger partial charge >= 0.3 is 39.5 Å². The number of rotatable bonds is 72. The van der Waals surface area contributed by atoms with E-state index in [-0.39, 0.29) is 25.7 Å². The van der Waals surface area contributed by atoms with Gasteiger partial charge < -0.3 is 33.8 Å². The van der Waals surface area contributed by atoms with E-state index in [0.717, 1.165) is 120 Å². The van der Waals surface area contributed by atoms with Crippen molar-refractivity contribution in [3.63, 3.8) is 0 Å². The predicted molar refractivity (Wildman–Crippen MR) is 381 cm³/mol. The van der Waals surface area contributed by atoms with Crippen LogP contribution in [0.4, 0.5) is 0 Å². The predicted octanol–water partition coefficient (Wildman–Crippen LogP) is 21.7. The van der Waals surface area contributed by atoms with Crippen LogP contribution in [0.5, 0.6) is 0 Å². The van der Waals surface area contributed by atoms with E-state index < -0.39 is 97.5 Å². The highest BCUT2D eigenvalue weighted by Crippen LogP contribution is 2.45. The average Bonchev–Trinajstić information content (AvgIpc) is 2.04. The Morgan fingerprint density at radius 2 is 0.511 bits per heavy atom. The molecule has 0 aliphatic rings. The van der Waals surface area contributed by atoms with E-state index in [0.29, 0.717) is 31.6 Å². The molecular formula is C75H146O17P2. The van der Waals surface area contributed by atoms with Crippen LogP contribution in [0.25, 0.3) is 0 Å². The molecule has 19 heteroatoms. The van der Waals surface area contributed by atoms with Gasteiger partial charge in [0.2, 0.25) is 0 Å². The minimum atomic E-state index is -4.96. The van der Waals surface area contributed by atoms with Gasteiger partial charge in [0.1, 0.15) is 19.3 Å². The number of aliphatic hydroxyl groups excluding tert-OH is 1. The molecule has 0 aromatic carbocycles. The SMILES string of the molecule is CCC(C)CCCCCCCCCCCCCCCCCCCCC(=O)O[C@H](COC(=O)CCCCCCCCCC(C)C)COP(=O)(O)OC[C@@H](O)COP(=O)(O)OC[C@@H](COC(=O)CCCCCCCCC(C)CC)OC(=O)CCCCCCCCCCCC(C)C. The third kappa shape index (κ3) is 66.0. The van der Waals surface area contributed by atoms with Crippen LogP contribution >= 0.6 is 15.6 Å². The van der Waals surface area contributed by atoms with Gasteiger partial charge in [-0.2, -0.15) is 0 Å². The van der Waals surface area contributed by atoms with Crippen molar-refractivity contribution in [1.29, 1.82) is 0 Å². The Labute approximate surface area is 575 Å². The van der Waals surface area contributed by atoms with E-state index in [1.54, 1.807) is 0 Å². The van der Waals surface area contributed by atoms with Crippen molar-refractivity contribution in [2.75, 3.05) is 39.6 Å². The monoisotopic (exact) mass is 1380 g/mol. The number of phosphoric ester groups is 2. The summed E-state index contributed by atoms with van der Waals surface area (Å²) in [6, 6.07) is 0. The summed E-state index contributed by atoms with van der Waals surface area (Å²) in [5.74, 6) is 0.917. The van der Waals surface area contributed by atoms with Crippen LogP contribution < -0.4 is 0 Å². The Hall–Kier alpha value is -1.94. The highest BCUT2D eigenvalue weighted by molar-refractivity contribution is 7.47. The molecule has 558 valence electrons. The molecule has 0 aromatic rings. The highest BCUT2D eigenvalue weighted by Gasteiger charge is 2.30. The lowest BCUT2D eigenvalue weighted by Gasteiger charge is -2.21. The van der Waals surface area contributed by atoms with Crippen LogP contribution in [0.2, 0.25) is 0 Å². The molecule has 17 nitrogen and oxygen atoms in total. The van der Waals surface area contributed by atoms with Gasteiger partial charge in [-0.25, -0.2) is 9.13 Å². The summed E-state index contributed by atoms with van der Waals surface area (Å²) in [7, 11) is -9.91. The Morgan fingerprint density at radius 3 is 0.755 bits per heavy atom. The number of carbonyl (C=O) groups excluding carboxylic acids is 4. The van der Waals surface area contributed by atoms with Crippen molar-refractivity contribution in [2.45, 2.75) is 395 Å². The Bertz CT molecular complexity index is 1850. The van der Waals surface area contributed by atoms with E-state index in [4.69, 9.17) is 37.0 Å². The Kier molecular flexibility index (Phi) is 63.1. The highest BCUT2D eigenvalue weighted by atomic mass is 31.2. The fourth-order valence-corrected chi connectivity index (χ4v) is 12.9. The van der Waals surface area contributed by atoms with Crippen LogP contribution in [-0.4, -0.2) is 96.7 Å². The van der Waals surface area contributed by atoms with Crippen molar-refractivity contribution in [3.05, 3.63) is 0 Å². The molecule has 0 saturated carbocycles.